The first-order valence-electron chi connectivity index (χ1n) is 14.2. The number of carbonyl (C=O) groups excluding carboxylic acids is 2. The third-order valence-corrected chi connectivity index (χ3v) is 8.17. The van der Waals surface area contributed by atoms with E-state index in [1.165, 1.54) is 18.4 Å². The Hall–Kier alpha value is -5.16. The number of rotatable bonds is 10. The van der Waals surface area contributed by atoms with Gasteiger partial charge in [-0.15, -0.1) is 0 Å². The molecule has 0 saturated carbocycles. The molecule has 3 aromatic carbocycles. The fourth-order valence-corrected chi connectivity index (χ4v) is 6.08. The molecule has 232 valence electrons. The van der Waals surface area contributed by atoms with Gasteiger partial charge < -0.3 is 24.3 Å². The zero-order valence-electron chi connectivity index (χ0n) is 25.6. The number of methoxy groups -OCH3 is 2. The Kier molecular flexibility index (Phi) is 9.48. The van der Waals surface area contributed by atoms with Crippen LogP contribution in [0.4, 0.5) is 5.69 Å². The number of thiazole rings is 1. The Bertz CT molecular complexity index is 1960. The van der Waals surface area contributed by atoms with E-state index in [1.54, 1.807) is 61.9 Å². The molecule has 1 amide bonds. The number of esters is 1. The number of ether oxygens (including phenoxy) is 4. The molecule has 1 aliphatic rings. The highest BCUT2D eigenvalue weighted by atomic mass is 32.1. The molecule has 10 nitrogen and oxygen atoms in total. The molecule has 0 saturated heterocycles. The molecule has 11 heteroatoms. The van der Waals surface area contributed by atoms with E-state index in [0.29, 0.717) is 54.7 Å². The number of hydrogen-bond acceptors (Lipinski definition) is 9. The standard InChI is InChI=1S/C34H33N3O7S/c1-6-43-29(38)19-44-25-15-13-22(16-27(25)42-5)17-28-33(40)37-31(23-14-12-20(2)26(18-23)41-4)30(21(3)35-34(37)45-28)32(39)36-24-10-8-7-9-11-24/h7-18,31H,6,19H2,1-5H3,(H,36,39)/b28-17-/t31-/m0/s1. The van der Waals surface area contributed by atoms with Gasteiger partial charge in [-0.25, -0.2) is 9.79 Å². The lowest BCUT2D eigenvalue weighted by Crippen LogP contribution is -2.40. The summed E-state index contributed by atoms with van der Waals surface area (Å²) in [4.78, 5) is 44.8. The lowest BCUT2D eigenvalue weighted by Gasteiger charge is -2.26. The Morgan fingerprint density at radius 2 is 1.73 bits per heavy atom. The van der Waals surface area contributed by atoms with Gasteiger partial charge in [0.2, 0.25) is 0 Å². The molecule has 1 atom stereocenters. The van der Waals surface area contributed by atoms with Crippen molar-refractivity contribution in [1.29, 1.82) is 0 Å². The average Bonchev–Trinajstić information content (AvgIpc) is 3.34. The molecule has 5 rings (SSSR count). The molecule has 0 fully saturated rings. The maximum absolute atomic E-state index is 14.1. The van der Waals surface area contributed by atoms with Crippen molar-refractivity contribution in [3.05, 3.63) is 114 Å². The van der Waals surface area contributed by atoms with E-state index >= 15 is 0 Å². The van der Waals surface area contributed by atoms with E-state index in [-0.39, 0.29) is 24.7 Å². The van der Waals surface area contributed by atoms with Crippen molar-refractivity contribution in [2.45, 2.75) is 26.8 Å². The van der Waals surface area contributed by atoms with Crippen LogP contribution in [0.5, 0.6) is 17.2 Å². The summed E-state index contributed by atoms with van der Waals surface area (Å²) in [6.45, 7) is 5.42. The van der Waals surface area contributed by atoms with Gasteiger partial charge in [0.1, 0.15) is 5.75 Å². The summed E-state index contributed by atoms with van der Waals surface area (Å²) in [5.41, 5.74) is 3.49. The minimum Gasteiger partial charge on any atom is -0.496 e. The van der Waals surface area contributed by atoms with Crippen LogP contribution in [0.15, 0.2) is 87.8 Å². The SMILES string of the molecule is CCOC(=O)COc1ccc(/C=c2\sc3n(c2=O)[C@@H](c2ccc(C)c(OC)c2)C(C(=O)Nc2ccccc2)=C(C)N=3)cc1OC. The third-order valence-electron chi connectivity index (χ3n) is 7.18. The van der Waals surface area contributed by atoms with Crippen LogP contribution >= 0.6 is 11.3 Å². The number of aryl methyl sites for hydroxylation is 1. The summed E-state index contributed by atoms with van der Waals surface area (Å²) in [7, 11) is 3.08. The molecule has 0 radical (unpaired) electrons. The molecule has 0 aliphatic carbocycles. The van der Waals surface area contributed by atoms with Crippen LogP contribution < -0.4 is 34.4 Å². The van der Waals surface area contributed by atoms with Crippen LogP contribution in [0.25, 0.3) is 6.08 Å². The minimum atomic E-state index is -0.755. The Morgan fingerprint density at radius 1 is 0.978 bits per heavy atom. The largest absolute Gasteiger partial charge is 0.496 e. The van der Waals surface area contributed by atoms with Gasteiger partial charge >= 0.3 is 5.97 Å². The zero-order valence-corrected chi connectivity index (χ0v) is 26.4. The lowest BCUT2D eigenvalue weighted by molar-refractivity contribution is -0.145. The van der Waals surface area contributed by atoms with Crippen molar-refractivity contribution < 1.29 is 28.5 Å². The molecule has 0 bridgehead atoms. The second-order valence-corrected chi connectivity index (χ2v) is 11.1. The first kappa shape index (κ1) is 31.3. The molecular weight excluding hydrogens is 594 g/mol. The number of nitrogens with one attached hydrogen (secondary N) is 1. The van der Waals surface area contributed by atoms with Gasteiger partial charge in [0, 0.05) is 5.69 Å². The van der Waals surface area contributed by atoms with Crippen molar-refractivity contribution in [3.63, 3.8) is 0 Å². The second-order valence-electron chi connectivity index (χ2n) is 10.1. The zero-order chi connectivity index (χ0) is 32.1. The fourth-order valence-electron chi connectivity index (χ4n) is 5.04. The number of para-hydroxylation sites is 1. The first-order valence-corrected chi connectivity index (χ1v) is 15.1. The second kappa shape index (κ2) is 13.6. The molecule has 1 aliphatic heterocycles. The van der Waals surface area contributed by atoms with E-state index in [1.807, 2.05) is 43.3 Å². The van der Waals surface area contributed by atoms with Crippen molar-refractivity contribution >= 4 is 35.0 Å². The minimum absolute atomic E-state index is 0.256. The average molecular weight is 628 g/mol. The van der Waals surface area contributed by atoms with Crippen molar-refractivity contribution in [1.82, 2.24) is 4.57 Å². The Morgan fingerprint density at radius 3 is 2.44 bits per heavy atom. The van der Waals surface area contributed by atoms with Gasteiger partial charge in [-0.2, -0.15) is 0 Å². The summed E-state index contributed by atoms with van der Waals surface area (Å²) >= 11 is 1.22. The highest BCUT2D eigenvalue weighted by molar-refractivity contribution is 7.07. The van der Waals surface area contributed by atoms with Crippen LogP contribution in [0.1, 0.15) is 36.6 Å². The third kappa shape index (κ3) is 6.68. The molecule has 0 unspecified atom stereocenters. The Balaban J connectivity index is 1.59. The Labute approximate surface area is 263 Å². The highest BCUT2D eigenvalue weighted by Gasteiger charge is 2.33. The lowest BCUT2D eigenvalue weighted by atomic mass is 9.94. The van der Waals surface area contributed by atoms with Crippen LogP contribution in [0, 0.1) is 6.92 Å². The topological polar surface area (TPSA) is 117 Å². The quantitative estimate of drug-likeness (QED) is 0.263. The van der Waals surface area contributed by atoms with E-state index in [4.69, 9.17) is 23.9 Å². The van der Waals surface area contributed by atoms with E-state index in [0.717, 1.165) is 5.56 Å². The monoisotopic (exact) mass is 627 g/mol. The number of aromatic nitrogens is 1. The van der Waals surface area contributed by atoms with Crippen LogP contribution in [-0.4, -0.2) is 43.9 Å². The van der Waals surface area contributed by atoms with Gasteiger partial charge in [-0.05, 0) is 73.9 Å². The number of nitrogens with zero attached hydrogens (tertiary/aromatic N) is 2. The predicted octanol–water partition coefficient (Wildman–Crippen LogP) is 4.14. The fraction of sp³-hybridized carbons (Fsp3) is 0.235. The predicted molar refractivity (Wildman–Crippen MR) is 172 cm³/mol. The number of hydrogen-bond donors (Lipinski definition) is 1. The summed E-state index contributed by atoms with van der Waals surface area (Å²) < 4.78 is 23.5. The summed E-state index contributed by atoms with van der Waals surface area (Å²) in [5.74, 6) is 0.551. The van der Waals surface area contributed by atoms with Crippen LogP contribution in [0.3, 0.4) is 0 Å². The van der Waals surface area contributed by atoms with Gasteiger partial charge in [0.15, 0.2) is 22.9 Å². The highest BCUT2D eigenvalue weighted by Crippen LogP contribution is 2.34. The molecule has 45 heavy (non-hydrogen) atoms. The van der Waals surface area contributed by atoms with Gasteiger partial charge in [-0.1, -0.05) is 47.7 Å². The van der Waals surface area contributed by atoms with Crippen molar-refractivity contribution in [3.8, 4) is 17.2 Å². The van der Waals surface area contributed by atoms with Gasteiger partial charge in [-0.3, -0.25) is 14.2 Å². The van der Waals surface area contributed by atoms with E-state index in [9.17, 15) is 14.4 Å². The number of carbonyl (C=O) groups is 2. The summed E-state index contributed by atoms with van der Waals surface area (Å²) in [6.07, 6.45) is 1.73. The van der Waals surface area contributed by atoms with Crippen LogP contribution in [-0.2, 0) is 14.3 Å². The normalized spacial score (nSPS) is 14.3. The smallest absolute Gasteiger partial charge is 0.344 e. The van der Waals surface area contributed by atoms with Gasteiger partial charge in [0.05, 0.1) is 42.7 Å². The maximum atomic E-state index is 14.1. The van der Waals surface area contributed by atoms with E-state index < -0.39 is 12.0 Å². The number of benzene rings is 3. The first-order chi connectivity index (χ1) is 21.7. The molecule has 1 N–H and O–H groups in total. The van der Waals surface area contributed by atoms with Crippen LogP contribution in [0.2, 0.25) is 0 Å². The maximum Gasteiger partial charge on any atom is 0.344 e. The molecule has 1 aromatic heterocycles. The number of fused-ring (bicyclic) bond motifs is 1. The molecule has 0 spiro atoms. The number of amides is 1. The molecule has 2 heterocycles. The molecule has 4 aromatic rings. The van der Waals surface area contributed by atoms with Crippen molar-refractivity contribution in [2.75, 3.05) is 32.8 Å². The summed E-state index contributed by atoms with van der Waals surface area (Å²) in [5, 5.41) is 2.96. The van der Waals surface area contributed by atoms with Crippen molar-refractivity contribution in [2.24, 2.45) is 4.99 Å². The van der Waals surface area contributed by atoms with E-state index in [2.05, 4.69) is 5.32 Å². The van der Waals surface area contributed by atoms with Gasteiger partial charge in [0.25, 0.3) is 11.5 Å². The molecular formula is C34H33N3O7S. The summed E-state index contributed by atoms with van der Waals surface area (Å²) in [6, 6.07) is 19.2. The number of anilines is 1. The number of allylic oxidation sites excluding steroid dienone is 1.